The van der Waals surface area contributed by atoms with Gasteiger partial charge in [-0.25, -0.2) is 0 Å². The summed E-state index contributed by atoms with van der Waals surface area (Å²) in [5.41, 5.74) is 0. The van der Waals surface area contributed by atoms with E-state index in [0.29, 0.717) is 0 Å². The molecule has 0 radical (unpaired) electrons. The van der Waals surface area contributed by atoms with Crippen LogP contribution in [0, 0.1) is 0 Å². The average Bonchev–Trinajstić information content (AvgIpc) is 2.59. The highest BCUT2D eigenvalue weighted by Crippen LogP contribution is 2.22. The molecule has 1 aliphatic rings. The predicted molar refractivity (Wildman–Crippen MR) is 93.6 cm³/mol. The van der Waals surface area contributed by atoms with Crippen LogP contribution in [0.15, 0.2) is 12.3 Å². The molecule has 0 aromatic heterocycles. The molecule has 1 saturated heterocycles. The molecule has 0 aliphatic carbocycles. The summed E-state index contributed by atoms with van der Waals surface area (Å²) >= 11 is 0. The van der Waals surface area contributed by atoms with Gasteiger partial charge in [-0.15, -0.1) is 0 Å². The molecular weight excluding hydrogens is 326 g/mol. The van der Waals surface area contributed by atoms with Crippen LogP contribution in [0.4, 0.5) is 0 Å². The first-order valence-electron chi connectivity index (χ1n) is 9.21. The average molecular weight is 359 g/mol. The van der Waals surface area contributed by atoms with Gasteiger partial charge in [-0.2, -0.15) is 0 Å². The lowest BCUT2D eigenvalue weighted by atomic mass is 9.97. The lowest BCUT2D eigenvalue weighted by Gasteiger charge is -2.41. The normalized spacial score (nSPS) is 29.7. The highest BCUT2D eigenvalue weighted by molar-refractivity contribution is 5.73. The fourth-order valence-corrected chi connectivity index (χ4v) is 2.83. The highest BCUT2D eigenvalue weighted by atomic mass is 16.7. The van der Waals surface area contributed by atoms with Crippen molar-refractivity contribution in [3.05, 3.63) is 12.3 Å². The molecule has 0 unspecified atom stereocenters. The number of carbonyl (C=O) groups excluding carboxylic acids is 1. The number of carbonyl (C=O) groups is 1. The lowest BCUT2D eigenvalue weighted by molar-refractivity contribution is -0.255. The van der Waals surface area contributed by atoms with Gasteiger partial charge in [-0.05, 0) is 18.9 Å². The van der Waals surface area contributed by atoms with Crippen LogP contribution in [-0.4, -0.2) is 58.5 Å². The zero-order chi connectivity index (χ0) is 18.7. The van der Waals surface area contributed by atoms with Crippen LogP contribution < -0.4 is 5.32 Å². The molecule has 146 valence electrons. The maximum atomic E-state index is 11.3. The molecule has 25 heavy (non-hydrogen) atoms. The number of amides is 1. The van der Waals surface area contributed by atoms with Crippen molar-refractivity contribution in [2.45, 2.75) is 89.4 Å². The third-order valence-corrected chi connectivity index (χ3v) is 4.28. The lowest BCUT2D eigenvalue weighted by Crippen LogP contribution is -2.64. The minimum Gasteiger partial charge on any atom is -0.471 e. The van der Waals surface area contributed by atoms with Crippen LogP contribution in [0.5, 0.6) is 0 Å². The monoisotopic (exact) mass is 359 g/mol. The van der Waals surface area contributed by atoms with Crippen LogP contribution in [0.2, 0.25) is 0 Å². The maximum absolute atomic E-state index is 11.3. The molecule has 1 heterocycles. The molecule has 0 bridgehead atoms. The van der Waals surface area contributed by atoms with Crippen LogP contribution in [0.3, 0.4) is 0 Å². The van der Waals surface area contributed by atoms with Gasteiger partial charge >= 0.3 is 0 Å². The van der Waals surface area contributed by atoms with Gasteiger partial charge in [0.1, 0.15) is 24.4 Å². The Morgan fingerprint density at radius 2 is 1.84 bits per heavy atom. The van der Waals surface area contributed by atoms with Crippen LogP contribution in [0.1, 0.15) is 58.8 Å². The molecule has 7 nitrogen and oxygen atoms in total. The van der Waals surface area contributed by atoms with Gasteiger partial charge in [0.2, 0.25) is 12.2 Å². The van der Waals surface area contributed by atoms with Gasteiger partial charge in [-0.3, -0.25) is 4.79 Å². The Morgan fingerprint density at radius 3 is 2.48 bits per heavy atom. The van der Waals surface area contributed by atoms with Gasteiger partial charge in [0, 0.05) is 6.92 Å². The maximum Gasteiger partial charge on any atom is 0.222 e. The molecule has 7 heteroatoms. The number of unbranched alkanes of at least 4 members (excludes halogenated alkanes) is 6. The summed E-state index contributed by atoms with van der Waals surface area (Å²) in [4.78, 5) is 11.3. The molecule has 1 amide bonds. The molecule has 4 N–H and O–H groups in total. The van der Waals surface area contributed by atoms with Crippen molar-refractivity contribution in [3.8, 4) is 0 Å². The zero-order valence-corrected chi connectivity index (χ0v) is 15.3. The fourth-order valence-electron chi connectivity index (χ4n) is 2.83. The number of aliphatic hydroxyl groups is 3. The third kappa shape index (κ3) is 7.73. The number of nitrogens with one attached hydrogen (secondary N) is 1. The van der Waals surface area contributed by atoms with Crippen LogP contribution >= 0.6 is 0 Å². The number of rotatable bonds is 11. The van der Waals surface area contributed by atoms with Gasteiger partial charge < -0.3 is 30.1 Å². The van der Waals surface area contributed by atoms with Crippen molar-refractivity contribution in [1.82, 2.24) is 5.32 Å². The minimum absolute atomic E-state index is 0.369. The highest BCUT2D eigenvalue weighted by Gasteiger charge is 2.45. The van der Waals surface area contributed by atoms with E-state index in [0.717, 1.165) is 12.8 Å². The Labute approximate surface area is 150 Å². The van der Waals surface area contributed by atoms with Crippen LogP contribution in [-0.2, 0) is 14.3 Å². The summed E-state index contributed by atoms with van der Waals surface area (Å²) in [5, 5.41) is 31.8. The summed E-state index contributed by atoms with van der Waals surface area (Å²) in [7, 11) is 0. The van der Waals surface area contributed by atoms with Crippen molar-refractivity contribution >= 4 is 5.91 Å². The topological polar surface area (TPSA) is 108 Å². The first-order chi connectivity index (χ1) is 12.0. The molecule has 0 aromatic carbocycles. The first kappa shape index (κ1) is 21.9. The Kier molecular flexibility index (Phi) is 10.7. The van der Waals surface area contributed by atoms with Crippen molar-refractivity contribution < 1.29 is 29.6 Å². The Bertz CT molecular complexity index is 403. The molecule has 0 aromatic rings. The van der Waals surface area contributed by atoms with E-state index in [1.807, 2.05) is 6.08 Å². The Balaban J connectivity index is 2.43. The summed E-state index contributed by atoms with van der Waals surface area (Å²) in [6.45, 7) is 3.05. The molecule has 0 saturated carbocycles. The quantitative estimate of drug-likeness (QED) is 0.326. The van der Waals surface area contributed by atoms with E-state index in [-0.39, 0.29) is 5.91 Å². The summed E-state index contributed by atoms with van der Waals surface area (Å²) in [6, 6.07) is -0.908. The Morgan fingerprint density at radius 1 is 1.16 bits per heavy atom. The van der Waals surface area contributed by atoms with E-state index in [4.69, 9.17) is 9.47 Å². The second-order valence-corrected chi connectivity index (χ2v) is 6.50. The molecule has 1 rings (SSSR count). The molecule has 0 spiro atoms. The SMILES string of the molecule is CCCCCCCCC=CO[C@H]1O[C@H](CO)[C@H](O)[C@H](O)[C@@H]1NC(C)=O. The predicted octanol–water partition coefficient (Wildman–Crippen LogP) is 1.21. The van der Waals surface area contributed by atoms with E-state index in [2.05, 4.69) is 12.2 Å². The van der Waals surface area contributed by atoms with E-state index < -0.39 is 37.3 Å². The number of hydrogen-bond acceptors (Lipinski definition) is 6. The van der Waals surface area contributed by atoms with Gasteiger partial charge in [-0.1, -0.05) is 39.0 Å². The van der Waals surface area contributed by atoms with Crippen molar-refractivity contribution in [2.24, 2.45) is 0 Å². The number of aliphatic hydroxyl groups excluding tert-OH is 3. The zero-order valence-electron chi connectivity index (χ0n) is 15.3. The smallest absolute Gasteiger partial charge is 0.222 e. The summed E-state index contributed by atoms with van der Waals surface area (Å²) < 4.78 is 10.9. The van der Waals surface area contributed by atoms with E-state index in [1.165, 1.54) is 45.3 Å². The van der Waals surface area contributed by atoms with E-state index in [9.17, 15) is 20.1 Å². The number of ether oxygens (including phenoxy) is 2. The summed E-state index contributed by atoms with van der Waals surface area (Å²) in [5.74, 6) is -0.369. The minimum atomic E-state index is -1.30. The van der Waals surface area contributed by atoms with E-state index in [1.54, 1.807) is 0 Å². The molecule has 1 aliphatic heterocycles. The van der Waals surface area contributed by atoms with E-state index >= 15 is 0 Å². The third-order valence-electron chi connectivity index (χ3n) is 4.28. The number of allylic oxidation sites excluding steroid dienone is 1. The summed E-state index contributed by atoms with van der Waals surface area (Å²) in [6.07, 6.45) is 7.00. The molecular formula is C18H33NO6. The van der Waals surface area contributed by atoms with Crippen molar-refractivity contribution in [2.75, 3.05) is 6.61 Å². The molecule has 1 fully saturated rings. The van der Waals surface area contributed by atoms with Crippen molar-refractivity contribution in [1.29, 1.82) is 0 Å². The van der Waals surface area contributed by atoms with Gasteiger partial charge in [0.15, 0.2) is 0 Å². The van der Waals surface area contributed by atoms with Crippen molar-refractivity contribution in [3.63, 3.8) is 0 Å². The second kappa shape index (κ2) is 12.2. The standard InChI is InChI=1S/C18H33NO6/c1-3-4-5-6-7-8-9-10-11-24-18-15(19-13(2)21)17(23)16(22)14(12-20)25-18/h10-11,14-18,20,22-23H,3-9,12H2,1-2H3,(H,19,21)/t14-,15+,16+,17-,18+/m1/s1. The fraction of sp³-hybridized carbons (Fsp3) is 0.833. The second-order valence-electron chi connectivity index (χ2n) is 6.50. The largest absolute Gasteiger partial charge is 0.471 e. The van der Waals surface area contributed by atoms with Gasteiger partial charge in [0.25, 0.3) is 0 Å². The first-order valence-corrected chi connectivity index (χ1v) is 9.21. The van der Waals surface area contributed by atoms with Gasteiger partial charge in [0.05, 0.1) is 12.9 Å². The number of hydrogen-bond donors (Lipinski definition) is 4. The van der Waals surface area contributed by atoms with Crippen LogP contribution in [0.25, 0.3) is 0 Å². The Hall–Kier alpha value is -1.15. The molecule has 5 atom stereocenters.